The van der Waals surface area contributed by atoms with Crippen LogP contribution in [-0.4, -0.2) is 25.9 Å². The number of hydrogen-bond donors (Lipinski definition) is 0. The zero-order chi connectivity index (χ0) is 21.4. The van der Waals surface area contributed by atoms with Crippen molar-refractivity contribution in [2.45, 2.75) is 31.6 Å². The van der Waals surface area contributed by atoms with Gasteiger partial charge in [-0.05, 0) is 37.1 Å². The number of methoxy groups -OCH3 is 2. The summed E-state index contributed by atoms with van der Waals surface area (Å²) in [5.74, 6) is 0.0759. The summed E-state index contributed by atoms with van der Waals surface area (Å²) in [5, 5.41) is -0.0662. The topological polar surface area (TPSA) is 55.8 Å². The number of ether oxygens (including phenoxy) is 2. The lowest BCUT2D eigenvalue weighted by Crippen LogP contribution is -2.40. The maximum Gasteiger partial charge on any atom is 0.232 e. The number of nitrogens with zero attached hydrogens (tertiary/aromatic N) is 1. The first-order chi connectivity index (χ1) is 14.4. The van der Waals surface area contributed by atoms with Crippen LogP contribution in [0.5, 0.6) is 11.5 Å². The van der Waals surface area contributed by atoms with Crippen LogP contribution in [0.25, 0.3) is 0 Å². The largest absolute Gasteiger partial charge is 0.497 e. The van der Waals surface area contributed by atoms with Crippen molar-refractivity contribution in [3.8, 4) is 11.5 Å². The van der Waals surface area contributed by atoms with Crippen LogP contribution in [0, 0.1) is 5.82 Å². The minimum absolute atomic E-state index is 0.0184. The van der Waals surface area contributed by atoms with Gasteiger partial charge in [-0.2, -0.15) is 0 Å². The van der Waals surface area contributed by atoms with Gasteiger partial charge >= 0.3 is 0 Å². The molecule has 1 aliphatic carbocycles. The van der Waals surface area contributed by atoms with E-state index in [-0.39, 0.29) is 23.1 Å². The third-order valence-corrected chi connectivity index (χ3v) is 5.94. The summed E-state index contributed by atoms with van der Waals surface area (Å²) in [7, 11) is 3.11. The molecule has 2 aromatic carbocycles. The SMILES string of the molecule is COc1ccc([C@@H]2CC(=O)N(c3ccc(F)c(Cl)c3)C3=C2C(=O)CCC3)c(OC)c1. The predicted octanol–water partition coefficient (Wildman–Crippen LogP) is 5.02. The Morgan fingerprint density at radius 2 is 1.87 bits per heavy atom. The molecule has 156 valence electrons. The number of benzene rings is 2. The Morgan fingerprint density at radius 3 is 2.57 bits per heavy atom. The molecule has 30 heavy (non-hydrogen) atoms. The fourth-order valence-corrected chi connectivity index (χ4v) is 4.46. The Kier molecular flexibility index (Phi) is 5.52. The Morgan fingerprint density at radius 1 is 1.07 bits per heavy atom. The van der Waals surface area contributed by atoms with Crippen LogP contribution in [0.2, 0.25) is 5.02 Å². The summed E-state index contributed by atoms with van der Waals surface area (Å²) in [6.45, 7) is 0. The fourth-order valence-electron chi connectivity index (χ4n) is 4.29. The van der Waals surface area contributed by atoms with Gasteiger partial charge in [-0.1, -0.05) is 17.7 Å². The van der Waals surface area contributed by atoms with E-state index in [0.29, 0.717) is 47.7 Å². The number of carbonyl (C=O) groups excluding carboxylic acids is 2. The molecule has 5 nitrogen and oxygen atoms in total. The minimum Gasteiger partial charge on any atom is -0.497 e. The Bertz CT molecular complexity index is 1070. The van der Waals surface area contributed by atoms with Crippen LogP contribution in [-0.2, 0) is 9.59 Å². The molecule has 0 radical (unpaired) electrons. The predicted molar refractivity (Wildman–Crippen MR) is 112 cm³/mol. The maximum absolute atomic E-state index is 13.7. The molecule has 1 heterocycles. The van der Waals surface area contributed by atoms with Gasteiger partial charge < -0.3 is 9.47 Å². The van der Waals surface area contributed by atoms with Crippen LogP contribution in [0.1, 0.15) is 37.2 Å². The molecule has 1 amide bonds. The summed E-state index contributed by atoms with van der Waals surface area (Å²) in [6.07, 6.45) is 1.77. The molecule has 0 N–H and O–H groups in total. The maximum atomic E-state index is 13.7. The monoisotopic (exact) mass is 429 g/mol. The van der Waals surface area contributed by atoms with Crippen molar-refractivity contribution in [3.63, 3.8) is 0 Å². The highest BCUT2D eigenvalue weighted by atomic mass is 35.5. The van der Waals surface area contributed by atoms with E-state index in [9.17, 15) is 14.0 Å². The van der Waals surface area contributed by atoms with Gasteiger partial charge in [0.15, 0.2) is 5.78 Å². The smallest absolute Gasteiger partial charge is 0.232 e. The van der Waals surface area contributed by atoms with Crippen molar-refractivity contribution < 1.29 is 23.5 Å². The van der Waals surface area contributed by atoms with Gasteiger partial charge in [0.05, 0.1) is 24.9 Å². The second-order valence-corrected chi connectivity index (χ2v) is 7.74. The van der Waals surface area contributed by atoms with Gasteiger partial charge in [0.1, 0.15) is 17.3 Å². The normalized spacial score (nSPS) is 19.1. The molecule has 0 fully saturated rings. The number of halogens is 2. The highest BCUT2D eigenvalue weighted by molar-refractivity contribution is 6.31. The highest BCUT2D eigenvalue weighted by Gasteiger charge is 2.40. The average molecular weight is 430 g/mol. The minimum atomic E-state index is -0.556. The molecule has 0 saturated carbocycles. The number of anilines is 1. The molecule has 0 spiro atoms. The molecule has 0 saturated heterocycles. The summed E-state index contributed by atoms with van der Waals surface area (Å²) < 4.78 is 24.5. The molecule has 1 atom stereocenters. The quantitative estimate of drug-likeness (QED) is 0.684. The third kappa shape index (κ3) is 3.45. The van der Waals surface area contributed by atoms with Gasteiger partial charge in [0.2, 0.25) is 5.91 Å². The molecule has 7 heteroatoms. The molecular weight excluding hydrogens is 409 g/mol. The number of allylic oxidation sites excluding steroid dienone is 2. The Hall–Kier alpha value is -2.86. The van der Waals surface area contributed by atoms with Gasteiger partial charge in [-0.3, -0.25) is 14.5 Å². The van der Waals surface area contributed by atoms with Gasteiger partial charge in [-0.25, -0.2) is 4.39 Å². The molecule has 0 bridgehead atoms. The molecular formula is C23H21ClFNO4. The zero-order valence-corrected chi connectivity index (χ0v) is 17.5. The Balaban J connectivity index is 1.87. The highest BCUT2D eigenvalue weighted by Crippen LogP contribution is 2.46. The van der Waals surface area contributed by atoms with E-state index in [4.69, 9.17) is 21.1 Å². The van der Waals surface area contributed by atoms with E-state index in [1.54, 1.807) is 26.4 Å². The Labute approximate surface area is 179 Å². The summed E-state index contributed by atoms with van der Waals surface area (Å²) in [5.41, 5.74) is 2.51. The van der Waals surface area contributed by atoms with Crippen molar-refractivity contribution in [1.29, 1.82) is 0 Å². The first kappa shape index (κ1) is 20.4. The zero-order valence-electron chi connectivity index (χ0n) is 16.7. The second-order valence-electron chi connectivity index (χ2n) is 7.33. The number of hydrogen-bond acceptors (Lipinski definition) is 4. The lowest BCUT2D eigenvalue weighted by molar-refractivity contribution is -0.119. The average Bonchev–Trinajstić information content (AvgIpc) is 2.75. The van der Waals surface area contributed by atoms with Gasteiger partial charge in [0, 0.05) is 41.7 Å². The van der Waals surface area contributed by atoms with Gasteiger partial charge in [0.25, 0.3) is 0 Å². The van der Waals surface area contributed by atoms with E-state index in [2.05, 4.69) is 0 Å². The van der Waals surface area contributed by atoms with E-state index in [0.717, 1.165) is 5.56 Å². The number of rotatable bonds is 4. The van der Waals surface area contributed by atoms with Crippen molar-refractivity contribution in [2.75, 3.05) is 19.1 Å². The number of ketones is 1. The summed E-state index contributed by atoms with van der Waals surface area (Å²) in [6, 6.07) is 9.55. The van der Waals surface area contributed by atoms with Crippen molar-refractivity contribution in [3.05, 3.63) is 64.1 Å². The first-order valence-electron chi connectivity index (χ1n) is 9.70. The molecule has 0 aromatic heterocycles. The van der Waals surface area contributed by atoms with Crippen LogP contribution >= 0.6 is 11.6 Å². The molecule has 0 unspecified atom stereocenters. The van der Waals surface area contributed by atoms with E-state index < -0.39 is 11.7 Å². The van der Waals surface area contributed by atoms with E-state index in [1.165, 1.54) is 23.1 Å². The molecule has 1 aliphatic heterocycles. The first-order valence-corrected chi connectivity index (χ1v) is 10.1. The van der Waals surface area contributed by atoms with Crippen molar-refractivity contribution >= 4 is 29.0 Å². The van der Waals surface area contributed by atoms with Crippen LogP contribution in [0.3, 0.4) is 0 Å². The van der Waals surface area contributed by atoms with E-state index >= 15 is 0 Å². The summed E-state index contributed by atoms with van der Waals surface area (Å²) in [4.78, 5) is 27.7. The van der Waals surface area contributed by atoms with Crippen molar-refractivity contribution in [2.24, 2.45) is 0 Å². The van der Waals surface area contributed by atoms with Crippen molar-refractivity contribution in [1.82, 2.24) is 0 Å². The van der Waals surface area contributed by atoms with Crippen LogP contribution in [0.15, 0.2) is 47.7 Å². The molecule has 4 rings (SSSR count). The van der Waals surface area contributed by atoms with E-state index in [1.807, 2.05) is 6.07 Å². The van der Waals surface area contributed by atoms with Crippen LogP contribution in [0.4, 0.5) is 10.1 Å². The number of carbonyl (C=O) groups is 2. The molecule has 2 aliphatic rings. The standard InChI is InChI=1S/C23H21ClFNO4/c1-29-14-7-8-15(21(11-14)30-2)16-12-22(28)26(13-6-9-18(25)17(24)10-13)19-4-3-5-20(27)23(16)19/h6-11,16H,3-5,12H2,1-2H3/t16-/m0/s1. The van der Waals surface area contributed by atoms with Gasteiger partial charge in [-0.15, -0.1) is 0 Å². The fraction of sp³-hybridized carbons (Fsp3) is 0.304. The lowest BCUT2D eigenvalue weighted by Gasteiger charge is -2.38. The number of amides is 1. The third-order valence-electron chi connectivity index (χ3n) is 5.65. The molecule has 2 aromatic rings. The lowest BCUT2D eigenvalue weighted by atomic mass is 9.77. The van der Waals surface area contributed by atoms with Crippen LogP contribution < -0.4 is 14.4 Å². The second kappa shape index (κ2) is 8.11. The number of Topliss-reactive ketones (excluding diaryl/α,β-unsaturated/α-hetero) is 1. The summed E-state index contributed by atoms with van der Waals surface area (Å²) >= 11 is 5.95.